The molecule has 5 heteroatoms. The van der Waals surface area contributed by atoms with Crippen LogP contribution < -0.4 is 10.7 Å². The average Bonchev–Trinajstić information content (AvgIpc) is 2.58. The van der Waals surface area contributed by atoms with Gasteiger partial charge in [-0.15, -0.1) is 0 Å². The number of aryl methyl sites for hydroxylation is 1. The Labute approximate surface area is 144 Å². The molecule has 0 fully saturated rings. The number of rotatable bonds is 3. The van der Waals surface area contributed by atoms with Crippen molar-refractivity contribution in [1.82, 2.24) is 9.88 Å². The van der Waals surface area contributed by atoms with Crippen LogP contribution in [0.5, 0.6) is 0 Å². The molecule has 0 radical (unpaired) electrons. The molecule has 3 aromatic rings. The Hall–Kier alpha value is -2.59. The van der Waals surface area contributed by atoms with E-state index < -0.39 is 5.91 Å². The Morgan fingerprint density at radius 1 is 1.12 bits per heavy atom. The number of benzene rings is 2. The molecule has 1 aromatic heterocycles. The largest absolute Gasteiger partial charge is 0.350 e. The van der Waals surface area contributed by atoms with Gasteiger partial charge in [0.1, 0.15) is 5.56 Å². The number of hydrogen-bond donors (Lipinski definition) is 1. The summed E-state index contributed by atoms with van der Waals surface area (Å²) in [5.74, 6) is -0.409. The van der Waals surface area contributed by atoms with Crippen molar-refractivity contribution in [2.24, 2.45) is 7.05 Å². The van der Waals surface area contributed by atoms with Gasteiger partial charge in [-0.2, -0.15) is 0 Å². The molecule has 1 heterocycles. The fourth-order valence-corrected chi connectivity index (χ4v) is 3.08. The number of fused-ring (bicyclic) bond motifs is 1. The van der Waals surface area contributed by atoms with Gasteiger partial charge in [-0.1, -0.05) is 41.9 Å². The molecule has 1 N–H and O–H groups in total. The molecule has 0 aliphatic rings. The molecule has 0 saturated heterocycles. The Kier molecular flexibility index (Phi) is 4.40. The fourth-order valence-electron chi connectivity index (χ4n) is 2.78. The van der Waals surface area contributed by atoms with E-state index in [-0.39, 0.29) is 17.0 Å². The van der Waals surface area contributed by atoms with Crippen molar-refractivity contribution in [1.29, 1.82) is 0 Å². The number of carbonyl (C=O) groups excluding carboxylic acids is 1. The van der Waals surface area contributed by atoms with Crippen molar-refractivity contribution in [2.45, 2.75) is 13.0 Å². The maximum atomic E-state index is 12.6. The number of nitrogens with one attached hydrogen (secondary N) is 1. The first-order chi connectivity index (χ1) is 11.5. The maximum Gasteiger partial charge on any atom is 0.257 e. The third kappa shape index (κ3) is 2.93. The zero-order valence-corrected chi connectivity index (χ0v) is 14.2. The van der Waals surface area contributed by atoms with E-state index in [0.29, 0.717) is 10.4 Å². The molecule has 0 spiro atoms. The van der Waals surface area contributed by atoms with Crippen LogP contribution in [0.25, 0.3) is 10.9 Å². The van der Waals surface area contributed by atoms with Crippen LogP contribution in [0.2, 0.25) is 5.02 Å². The van der Waals surface area contributed by atoms with E-state index in [1.807, 2.05) is 44.3 Å². The molecule has 0 aliphatic carbocycles. The van der Waals surface area contributed by atoms with Crippen LogP contribution in [-0.2, 0) is 7.05 Å². The molecule has 122 valence electrons. The zero-order chi connectivity index (χ0) is 17.3. The molecule has 0 aliphatic heterocycles. The number of para-hydroxylation sites is 1. The Morgan fingerprint density at radius 3 is 2.54 bits per heavy atom. The van der Waals surface area contributed by atoms with Crippen LogP contribution in [-0.4, -0.2) is 10.5 Å². The van der Waals surface area contributed by atoms with Crippen LogP contribution in [0.1, 0.15) is 28.9 Å². The van der Waals surface area contributed by atoms with Gasteiger partial charge in [-0.25, -0.2) is 0 Å². The molecule has 0 saturated carbocycles. The second kappa shape index (κ2) is 6.49. The van der Waals surface area contributed by atoms with E-state index in [1.54, 1.807) is 29.0 Å². The zero-order valence-electron chi connectivity index (χ0n) is 13.4. The lowest BCUT2D eigenvalue weighted by Gasteiger charge is -2.16. The van der Waals surface area contributed by atoms with Gasteiger partial charge in [-0.3, -0.25) is 9.59 Å². The summed E-state index contributed by atoms with van der Waals surface area (Å²) in [6, 6.07) is 14.2. The lowest BCUT2D eigenvalue weighted by molar-refractivity contribution is 0.0938. The molecule has 4 nitrogen and oxygen atoms in total. The van der Waals surface area contributed by atoms with E-state index in [2.05, 4.69) is 5.32 Å². The van der Waals surface area contributed by atoms with Gasteiger partial charge in [0, 0.05) is 23.7 Å². The molecular formula is C19H17ClN2O2. The van der Waals surface area contributed by atoms with Crippen molar-refractivity contribution in [3.05, 3.63) is 81.1 Å². The highest BCUT2D eigenvalue weighted by Gasteiger charge is 2.18. The SMILES string of the molecule is CC(NC(=O)c1cn(C)c2ccccc2c1=O)c1ccccc1Cl. The summed E-state index contributed by atoms with van der Waals surface area (Å²) in [5, 5.41) is 3.96. The number of nitrogens with zero attached hydrogens (tertiary/aromatic N) is 1. The summed E-state index contributed by atoms with van der Waals surface area (Å²) >= 11 is 6.17. The van der Waals surface area contributed by atoms with Crippen LogP contribution >= 0.6 is 11.6 Å². The Bertz CT molecular complexity index is 979. The van der Waals surface area contributed by atoms with Gasteiger partial charge in [0.25, 0.3) is 5.91 Å². The van der Waals surface area contributed by atoms with Gasteiger partial charge in [0.05, 0.1) is 11.6 Å². The first kappa shape index (κ1) is 16.3. The van der Waals surface area contributed by atoms with Crippen molar-refractivity contribution < 1.29 is 4.79 Å². The van der Waals surface area contributed by atoms with E-state index in [4.69, 9.17) is 11.6 Å². The molecule has 3 rings (SSSR count). The molecule has 1 amide bonds. The quantitative estimate of drug-likeness (QED) is 0.790. The minimum atomic E-state index is -0.409. The third-order valence-electron chi connectivity index (χ3n) is 4.06. The average molecular weight is 341 g/mol. The molecule has 2 aromatic carbocycles. The number of carbonyl (C=O) groups is 1. The summed E-state index contributed by atoms with van der Waals surface area (Å²) in [4.78, 5) is 25.2. The summed E-state index contributed by atoms with van der Waals surface area (Å²) in [6.45, 7) is 1.84. The highest BCUT2D eigenvalue weighted by atomic mass is 35.5. The van der Waals surface area contributed by atoms with Gasteiger partial charge in [0.15, 0.2) is 0 Å². The number of halogens is 1. The predicted octanol–water partition coefficient (Wildman–Crippen LogP) is 3.68. The van der Waals surface area contributed by atoms with Crippen LogP contribution in [0.15, 0.2) is 59.5 Å². The van der Waals surface area contributed by atoms with Crippen molar-refractivity contribution >= 4 is 28.4 Å². The minimum Gasteiger partial charge on any atom is -0.350 e. The maximum absolute atomic E-state index is 12.6. The van der Waals surface area contributed by atoms with Gasteiger partial charge < -0.3 is 9.88 Å². The van der Waals surface area contributed by atoms with Gasteiger partial charge in [0.2, 0.25) is 5.43 Å². The summed E-state index contributed by atoms with van der Waals surface area (Å²) in [6.07, 6.45) is 1.57. The molecular weight excluding hydrogens is 324 g/mol. The van der Waals surface area contributed by atoms with E-state index in [9.17, 15) is 9.59 Å². The summed E-state index contributed by atoms with van der Waals surface area (Å²) < 4.78 is 1.78. The topological polar surface area (TPSA) is 51.1 Å². The van der Waals surface area contributed by atoms with E-state index >= 15 is 0 Å². The van der Waals surface area contributed by atoms with Crippen LogP contribution in [0.4, 0.5) is 0 Å². The van der Waals surface area contributed by atoms with Gasteiger partial charge >= 0.3 is 0 Å². The highest BCUT2D eigenvalue weighted by Crippen LogP contribution is 2.22. The van der Waals surface area contributed by atoms with Crippen molar-refractivity contribution in [3.8, 4) is 0 Å². The standard InChI is InChI=1S/C19H17ClN2O2/c1-12(13-7-3-5-9-16(13)20)21-19(24)15-11-22(2)17-10-6-4-8-14(17)18(15)23/h3-12H,1-2H3,(H,21,24). The molecule has 24 heavy (non-hydrogen) atoms. The number of hydrogen-bond acceptors (Lipinski definition) is 2. The lowest BCUT2D eigenvalue weighted by atomic mass is 10.1. The number of amides is 1. The van der Waals surface area contributed by atoms with Crippen molar-refractivity contribution in [3.63, 3.8) is 0 Å². The predicted molar refractivity (Wildman–Crippen MR) is 96.5 cm³/mol. The Morgan fingerprint density at radius 2 is 1.79 bits per heavy atom. The molecule has 0 bridgehead atoms. The monoisotopic (exact) mass is 340 g/mol. The number of aromatic nitrogens is 1. The first-order valence-electron chi connectivity index (χ1n) is 7.62. The molecule has 1 unspecified atom stereocenters. The normalized spacial score (nSPS) is 12.1. The minimum absolute atomic E-state index is 0.120. The smallest absolute Gasteiger partial charge is 0.257 e. The first-order valence-corrected chi connectivity index (χ1v) is 8.00. The molecule has 1 atom stereocenters. The third-order valence-corrected chi connectivity index (χ3v) is 4.40. The lowest BCUT2D eigenvalue weighted by Crippen LogP contribution is -2.31. The fraction of sp³-hybridized carbons (Fsp3) is 0.158. The van der Waals surface area contributed by atoms with Crippen LogP contribution in [0, 0.1) is 0 Å². The van der Waals surface area contributed by atoms with E-state index in [1.165, 1.54) is 0 Å². The second-order valence-electron chi connectivity index (χ2n) is 5.72. The van der Waals surface area contributed by atoms with Crippen molar-refractivity contribution in [2.75, 3.05) is 0 Å². The highest BCUT2D eigenvalue weighted by molar-refractivity contribution is 6.31. The van der Waals surface area contributed by atoms with E-state index in [0.717, 1.165) is 11.1 Å². The van der Waals surface area contributed by atoms with Crippen LogP contribution in [0.3, 0.4) is 0 Å². The summed E-state index contributed by atoms with van der Waals surface area (Å²) in [5.41, 5.74) is 1.45. The number of pyridine rings is 1. The summed E-state index contributed by atoms with van der Waals surface area (Å²) in [7, 11) is 1.82. The second-order valence-corrected chi connectivity index (χ2v) is 6.12. The van der Waals surface area contributed by atoms with Gasteiger partial charge in [-0.05, 0) is 30.7 Å². The Balaban J connectivity index is 1.96.